The van der Waals surface area contributed by atoms with Crippen LogP contribution in [0.15, 0.2) is 12.4 Å². The highest BCUT2D eigenvalue weighted by Gasteiger charge is 1.96. The maximum Gasteiger partial charge on any atom is 0.143 e. The first-order valence-electron chi connectivity index (χ1n) is 4.19. The van der Waals surface area contributed by atoms with Crippen molar-refractivity contribution in [2.24, 2.45) is 0 Å². The summed E-state index contributed by atoms with van der Waals surface area (Å²) in [5, 5.41) is 3.26. The normalized spacial score (nSPS) is 10.6. The summed E-state index contributed by atoms with van der Waals surface area (Å²) in [6.07, 6.45) is 3.68. The molecule has 0 amide bonds. The highest BCUT2D eigenvalue weighted by Crippen LogP contribution is 1.86. The van der Waals surface area contributed by atoms with E-state index in [2.05, 4.69) is 29.1 Å². The summed E-state index contributed by atoms with van der Waals surface area (Å²) in [7, 11) is 1.99. The summed E-state index contributed by atoms with van der Waals surface area (Å²) in [6.45, 7) is 4.96. The molecule has 0 saturated heterocycles. The number of hydrogen-bond acceptors (Lipinski definition) is 3. The minimum absolute atomic E-state index is 0.481. The van der Waals surface area contributed by atoms with E-state index >= 15 is 0 Å². The van der Waals surface area contributed by atoms with Crippen molar-refractivity contribution in [3.63, 3.8) is 0 Å². The van der Waals surface area contributed by atoms with Gasteiger partial charge < -0.3 is 5.32 Å². The summed E-state index contributed by atoms with van der Waals surface area (Å²) in [6, 6.07) is 0.481. The molecule has 0 atom stereocenters. The molecule has 1 aromatic heterocycles. The Labute approximate surface area is 74.0 Å². The van der Waals surface area contributed by atoms with Gasteiger partial charge in [0.15, 0.2) is 0 Å². The first-order chi connectivity index (χ1) is 5.68. The maximum atomic E-state index is 4.18. The van der Waals surface area contributed by atoms with Gasteiger partial charge in [-0.25, -0.2) is 9.97 Å². The smallest absolute Gasteiger partial charge is 0.143 e. The van der Waals surface area contributed by atoms with Crippen LogP contribution in [0.2, 0.25) is 0 Å². The van der Waals surface area contributed by atoms with Crippen LogP contribution >= 0.6 is 0 Å². The van der Waals surface area contributed by atoms with Crippen LogP contribution in [0, 0.1) is 0 Å². The van der Waals surface area contributed by atoms with Crippen molar-refractivity contribution in [3.05, 3.63) is 18.2 Å². The van der Waals surface area contributed by atoms with Crippen molar-refractivity contribution >= 4 is 13.3 Å². The summed E-state index contributed by atoms with van der Waals surface area (Å²) in [4.78, 5) is 8.35. The highest BCUT2D eigenvalue weighted by molar-refractivity contribution is 6.31. The van der Waals surface area contributed by atoms with Gasteiger partial charge in [-0.1, -0.05) is 19.3 Å². The lowest BCUT2D eigenvalue weighted by Crippen LogP contribution is -2.23. The van der Waals surface area contributed by atoms with Crippen LogP contribution in [0.3, 0.4) is 0 Å². The number of rotatable bonds is 3. The third kappa shape index (κ3) is 3.01. The summed E-state index contributed by atoms with van der Waals surface area (Å²) < 4.78 is 0. The van der Waals surface area contributed by atoms with E-state index in [4.69, 9.17) is 0 Å². The van der Waals surface area contributed by atoms with Crippen LogP contribution in [0.1, 0.15) is 19.7 Å². The number of aromatic nitrogens is 2. The molecule has 64 valence electrons. The van der Waals surface area contributed by atoms with E-state index in [1.807, 2.05) is 20.2 Å². The molecule has 12 heavy (non-hydrogen) atoms. The fraction of sp³-hybridized carbons (Fsp3) is 0.500. The van der Waals surface area contributed by atoms with E-state index in [1.54, 1.807) is 0 Å². The number of nitrogens with one attached hydrogen (secondary N) is 1. The molecule has 0 aliphatic carbocycles. The summed E-state index contributed by atoms with van der Waals surface area (Å²) >= 11 is 0. The fourth-order valence-electron chi connectivity index (χ4n) is 0.806. The van der Waals surface area contributed by atoms with Gasteiger partial charge in [-0.15, -0.1) is 0 Å². The lowest BCUT2D eigenvalue weighted by molar-refractivity contribution is 0.572. The first kappa shape index (κ1) is 9.19. The zero-order chi connectivity index (χ0) is 8.97. The van der Waals surface area contributed by atoms with Crippen molar-refractivity contribution in [1.82, 2.24) is 15.3 Å². The summed E-state index contributed by atoms with van der Waals surface area (Å²) in [5.74, 6) is 0.856. The monoisotopic (exact) mass is 163 g/mol. The largest absolute Gasteiger partial charge is 0.308 e. The zero-order valence-corrected chi connectivity index (χ0v) is 7.83. The third-order valence-electron chi connectivity index (χ3n) is 1.50. The number of hydrogen-bond donors (Lipinski definition) is 1. The van der Waals surface area contributed by atoms with E-state index in [-0.39, 0.29) is 0 Å². The van der Waals surface area contributed by atoms with Gasteiger partial charge >= 0.3 is 0 Å². The standard InChI is InChI=1S/C8H14BN3/c1-6(2)10-5-8-11-3-7(9)4-12-8/h3-4,6,10H,5,9H2,1-2H3. The van der Waals surface area contributed by atoms with E-state index in [0.717, 1.165) is 17.8 Å². The van der Waals surface area contributed by atoms with Crippen molar-refractivity contribution in [2.75, 3.05) is 0 Å². The predicted molar refractivity (Wildman–Crippen MR) is 52.2 cm³/mol. The Hall–Kier alpha value is -0.895. The second-order valence-electron chi connectivity index (χ2n) is 3.21. The minimum Gasteiger partial charge on any atom is -0.308 e. The van der Waals surface area contributed by atoms with E-state index in [1.165, 1.54) is 0 Å². The van der Waals surface area contributed by atoms with Crippen LogP contribution in [0.4, 0.5) is 0 Å². The Morgan fingerprint density at radius 1 is 1.42 bits per heavy atom. The Bertz CT molecular complexity index is 233. The molecule has 4 heteroatoms. The van der Waals surface area contributed by atoms with Gasteiger partial charge in [0, 0.05) is 18.4 Å². The molecule has 1 heterocycles. The van der Waals surface area contributed by atoms with Gasteiger partial charge in [0.05, 0.1) is 6.54 Å². The Kier molecular flexibility index (Phi) is 3.23. The van der Waals surface area contributed by atoms with Crippen molar-refractivity contribution in [3.8, 4) is 0 Å². The van der Waals surface area contributed by atoms with Gasteiger partial charge in [0.1, 0.15) is 13.7 Å². The van der Waals surface area contributed by atoms with Crippen LogP contribution in [-0.2, 0) is 6.54 Å². The molecular formula is C8H14BN3. The molecular weight excluding hydrogens is 149 g/mol. The molecule has 0 bridgehead atoms. The van der Waals surface area contributed by atoms with Crippen LogP contribution in [0.25, 0.3) is 0 Å². The quantitative estimate of drug-likeness (QED) is 0.594. The number of nitrogens with zero attached hydrogens (tertiary/aromatic N) is 2. The Morgan fingerprint density at radius 2 is 2.00 bits per heavy atom. The molecule has 1 aromatic rings. The van der Waals surface area contributed by atoms with E-state index in [9.17, 15) is 0 Å². The maximum absolute atomic E-state index is 4.18. The van der Waals surface area contributed by atoms with Gasteiger partial charge in [-0.2, -0.15) is 0 Å². The molecule has 3 nitrogen and oxygen atoms in total. The molecule has 0 spiro atoms. The highest BCUT2D eigenvalue weighted by atomic mass is 15.0. The lowest BCUT2D eigenvalue weighted by atomic mass is 10.0. The summed E-state index contributed by atoms with van der Waals surface area (Å²) in [5.41, 5.74) is 1.10. The molecule has 0 fully saturated rings. The van der Waals surface area contributed by atoms with Crippen LogP contribution in [-0.4, -0.2) is 23.9 Å². The van der Waals surface area contributed by atoms with E-state index in [0.29, 0.717) is 6.04 Å². The van der Waals surface area contributed by atoms with Crippen LogP contribution < -0.4 is 10.8 Å². The second-order valence-corrected chi connectivity index (χ2v) is 3.21. The third-order valence-corrected chi connectivity index (χ3v) is 1.50. The topological polar surface area (TPSA) is 37.8 Å². The van der Waals surface area contributed by atoms with Crippen molar-refractivity contribution < 1.29 is 0 Å². The fourth-order valence-corrected chi connectivity index (χ4v) is 0.806. The molecule has 0 aliphatic rings. The average molecular weight is 163 g/mol. The molecule has 0 saturated carbocycles. The Balaban J connectivity index is 2.48. The minimum atomic E-state index is 0.481. The molecule has 0 unspecified atom stereocenters. The molecule has 1 N–H and O–H groups in total. The van der Waals surface area contributed by atoms with Gasteiger partial charge in [0.25, 0.3) is 0 Å². The zero-order valence-electron chi connectivity index (χ0n) is 7.83. The SMILES string of the molecule is Bc1cnc(CNC(C)C)nc1. The second kappa shape index (κ2) is 4.21. The van der Waals surface area contributed by atoms with Crippen molar-refractivity contribution in [2.45, 2.75) is 26.4 Å². The van der Waals surface area contributed by atoms with Gasteiger partial charge in [-0.05, 0) is 0 Å². The molecule has 0 radical (unpaired) electrons. The molecule has 0 aliphatic heterocycles. The lowest BCUT2D eigenvalue weighted by Gasteiger charge is -2.06. The van der Waals surface area contributed by atoms with E-state index < -0.39 is 0 Å². The predicted octanol–water partition coefficient (Wildman–Crippen LogP) is -0.767. The average Bonchev–Trinajstić information content (AvgIpc) is 2.03. The Morgan fingerprint density at radius 3 is 2.50 bits per heavy atom. The molecule has 0 aromatic carbocycles. The van der Waals surface area contributed by atoms with Gasteiger partial charge in [-0.3, -0.25) is 0 Å². The van der Waals surface area contributed by atoms with Gasteiger partial charge in [0.2, 0.25) is 0 Å². The van der Waals surface area contributed by atoms with Crippen LogP contribution in [0.5, 0.6) is 0 Å². The van der Waals surface area contributed by atoms with Crippen molar-refractivity contribution in [1.29, 1.82) is 0 Å². The first-order valence-corrected chi connectivity index (χ1v) is 4.19. The molecule has 1 rings (SSSR count).